The molecule has 0 amide bonds. The Morgan fingerprint density at radius 3 is 2.74 bits per heavy atom. The minimum atomic E-state index is -0.459. The molecule has 0 aliphatic rings. The Labute approximate surface area is 106 Å². The Morgan fingerprint density at radius 2 is 1.84 bits per heavy atom. The van der Waals surface area contributed by atoms with Gasteiger partial charge in [0, 0.05) is 17.0 Å². The molecule has 3 nitrogen and oxygen atoms in total. The number of halogens is 2. The molecule has 1 aromatic carbocycles. The van der Waals surface area contributed by atoms with E-state index in [0.717, 1.165) is 11.6 Å². The number of nitrogens with zero attached hydrogens (tertiary/aromatic N) is 3. The van der Waals surface area contributed by atoms with Gasteiger partial charge >= 0.3 is 0 Å². The maximum absolute atomic E-state index is 13.9. The number of imidazole rings is 1. The molecule has 0 bridgehead atoms. The Bertz CT molecular complexity index is 944. The lowest BCUT2D eigenvalue weighted by molar-refractivity contribution is 0.578. The molecular formula is C14H7F2N3. The van der Waals surface area contributed by atoms with Crippen LogP contribution < -0.4 is 0 Å². The lowest BCUT2D eigenvalue weighted by Gasteiger charge is -2.07. The van der Waals surface area contributed by atoms with E-state index in [1.54, 1.807) is 24.5 Å². The van der Waals surface area contributed by atoms with E-state index in [0.29, 0.717) is 21.9 Å². The number of benzene rings is 1. The van der Waals surface area contributed by atoms with Crippen LogP contribution in [0.1, 0.15) is 0 Å². The minimum Gasteiger partial charge on any atom is -0.267 e. The quantitative estimate of drug-likeness (QED) is 0.451. The highest BCUT2D eigenvalue weighted by molar-refractivity contribution is 6.11. The zero-order valence-electron chi connectivity index (χ0n) is 9.64. The predicted molar refractivity (Wildman–Crippen MR) is 67.9 cm³/mol. The summed E-state index contributed by atoms with van der Waals surface area (Å²) in [6.07, 6.45) is 4.31. The first-order valence-corrected chi connectivity index (χ1v) is 5.73. The van der Waals surface area contributed by atoms with Gasteiger partial charge in [0.1, 0.15) is 11.5 Å². The van der Waals surface area contributed by atoms with Crippen molar-refractivity contribution in [1.82, 2.24) is 14.4 Å². The number of rotatable bonds is 0. The molecule has 0 aliphatic heterocycles. The van der Waals surface area contributed by atoms with Gasteiger partial charge in [-0.05, 0) is 29.7 Å². The van der Waals surface area contributed by atoms with E-state index in [9.17, 15) is 8.78 Å². The Hall–Kier alpha value is -2.56. The highest BCUT2D eigenvalue weighted by Gasteiger charge is 2.13. The van der Waals surface area contributed by atoms with Crippen LogP contribution in [-0.4, -0.2) is 14.4 Å². The van der Waals surface area contributed by atoms with Crippen LogP contribution in [0.5, 0.6) is 0 Å². The van der Waals surface area contributed by atoms with E-state index in [4.69, 9.17) is 0 Å². The van der Waals surface area contributed by atoms with Crippen molar-refractivity contribution in [2.24, 2.45) is 0 Å². The zero-order chi connectivity index (χ0) is 13.0. The minimum absolute atomic E-state index is 0.331. The van der Waals surface area contributed by atoms with Crippen molar-refractivity contribution in [2.75, 3.05) is 0 Å². The summed E-state index contributed by atoms with van der Waals surface area (Å²) < 4.78 is 28.7. The van der Waals surface area contributed by atoms with Crippen LogP contribution >= 0.6 is 0 Å². The molecule has 5 heteroatoms. The van der Waals surface area contributed by atoms with Gasteiger partial charge in [-0.25, -0.2) is 9.37 Å². The molecule has 0 spiro atoms. The summed E-state index contributed by atoms with van der Waals surface area (Å²) in [4.78, 5) is 8.07. The number of aromatic nitrogens is 3. The molecule has 0 N–H and O–H groups in total. The maximum Gasteiger partial charge on any atom is 0.218 e. The summed E-state index contributed by atoms with van der Waals surface area (Å²) >= 11 is 0. The van der Waals surface area contributed by atoms with Gasteiger partial charge in [-0.2, -0.15) is 4.39 Å². The molecule has 0 aliphatic carbocycles. The highest BCUT2D eigenvalue weighted by Crippen LogP contribution is 2.29. The van der Waals surface area contributed by atoms with Crippen LogP contribution in [-0.2, 0) is 0 Å². The number of hydrogen-bond acceptors (Lipinski definition) is 2. The molecule has 3 aromatic heterocycles. The Kier molecular flexibility index (Phi) is 1.90. The van der Waals surface area contributed by atoms with Gasteiger partial charge in [-0.1, -0.05) is 0 Å². The number of hydrogen-bond donors (Lipinski definition) is 0. The average molecular weight is 255 g/mol. The average Bonchev–Trinajstić information content (AvgIpc) is 2.81. The monoisotopic (exact) mass is 255 g/mol. The smallest absolute Gasteiger partial charge is 0.218 e. The molecule has 92 valence electrons. The van der Waals surface area contributed by atoms with E-state index in [1.807, 2.05) is 0 Å². The Morgan fingerprint density at radius 1 is 0.947 bits per heavy atom. The largest absolute Gasteiger partial charge is 0.267 e. The van der Waals surface area contributed by atoms with E-state index < -0.39 is 5.95 Å². The van der Waals surface area contributed by atoms with Crippen molar-refractivity contribution in [3.63, 3.8) is 0 Å². The standard InChI is InChI=1S/C14H7F2N3/c15-8-1-2-10-11(5-8)9-3-4-17-6-12(9)19-13(16)7-18-14(10)19/h1-7H. The third-order valence-corrected chi connectivity index (χ3v) is 3.27. The van der Waals surface area contributed by atoms with Gasteiger partial charge in [0.15, 0.2) is 0 Å². The van der Waals surface area contributed by atoms with Crippen LogP contribution in [0, 0.1) is 11.8 Å². The molecule has 4 aromatic rings. The topological polar surface area (TPSA) is 30.2 Å². The fraction of sp³-hybridized carbons (Fsp3) is 0. The summed E-state index contributed by atoms with van der Waals surface area (Å²) in [5.74, 6) is -0.791. The summed E-state index contributed by atoms with van der Waals surface area (Å²) in [7, 11) is 0. The van der Waals surface area contributed by atoms with Crippen LogP contribution in [0.2, 0.25) is 0 Å². The van der Waals surface area contributed by atoms with Gasteiger partial charge in [-0.15, -0.1) is 0 Å². The van der Waals surface area contributed by atoms with Crippen molar-refractivity contribution < 1.29 is 8.78 Å². The first kappa shape index (κ1) is 10.4. The van der Waals surface area contributed by atoms with E-state index in [2.05, 4.69) is 9.97 Å². The van der Waals surface area contributed by atoms with Crippen molar-refractivity contribution in [3.05, 3.63) is 54.6 Å². The summed E-state index contributed by atoms with van der Waals surface area (Å²) in [5, 5.41) is 2.16. The van der Waals surface area contributed by atoms with Gasteiger partial charge in [0.2, 0.25) is 5.95 Å². The first-order chi connectivity index (χ1) is 9.25. The van der Waals surface area contributed by atoms with Crippen molar-refractivity contribution in [1.29, 1.82) is 0 Å². The second-order valence-corrected chi connectivity index (χ2v) is 4.32. The van der Waals surface area contributed by atoms with Crippen LogP contribution in [0.4, 0.5) is 8.78 Å². The normalized spacial score (nSPS) is 11.7. The summed E-state index contributed by atoms with van der Waals surface area (Å²) in [6.45, 7) is 0. The molecule has 3 heterocycles. The first-order valence-electron chi connectivity index (χ1n) is 5.73. The molecule has 0 unspecified atom stereocenters. The number of pyridine rings is 2. The number of fused-ring (bicyclic) bond motifs is 6. The molecule has 0 saturated heterocycles. The fourth-order valence-corrected chi connectivity index (χ4v) is 2.48. The van der Waals surface area contributed by atoms with E-state index >= 15 is 0 Å². The van der Waals surface area contributed by atoms with Gasteiger partial charge in [0.05, 0.1) is 17.9 Å². The summed E-state index contributed by atoms with van der Waals surface area (Å²) in [5.41, 5.74) is 1.04. The molecule has 0 saturated carbocycles. The van der Waals surface area contributed by atoms with Gasteiger partial charge in [0.25, 0.3) is 0 Å². The molecule has 19 heavy (non-hydrogen) atoms. The van der Waals surface area contributed by atoms with Crippen LogP contribution in [0.15, 0.2) is 42.9 Å². The van der Waals surface area contributed by atoms with Crippen LogP contribution in [0.25, 0.3) is 27.3 Å². The lowest BCUT2D eigenvalue weighted by Crippen LogP contribution is -1.94. The highest BCUT2D eigenvalue weighted by atomic mass is 19.1. The second kappa shape index (κ2) is 3.47. The molecule has 4 rings (SSSR count). The lowest BCUT2D eigenvalue weighted by atomic mass is 10.1. The molecule has 0 atom stereocenters. The van der Waals surface area contributed by atoms with Crippen LogP contribution in [0.3, 0.4) is 0 Å². The zero-order valence-corrected chi connectivity index (χ0v) is 9.64. The van der Waals surface area contributed by atoms with Crippen molar-refractivity contribution in [3.8, 4) is 0 Å². The maximum atomic E-state index is 13.9. The second-order valence-electron chi connectivity index (χ2n) is 4.32. The van der Waals surface area contributed by atoms with Gasteiger partial charge in [-0.3, -0.25) is 9.38 Å². The third-order valence-electron chi connectivity index (χ3n) is 3.27. The van der Waals surface area contributed by atoms with Crippen molar-refractivity contribution in [2.45, 2.75) is 0 Å². The Balaban J connectivity index is 2.44. The molecule has 0 fully saturated rings. The predicted octanol–water partition coefficient (Wildman–Crippen LogP) is 3.31. The van der Waals surface area contributed by atoms with E-state index in [-0.39, 0.29) is 5.82 Å². The van der Waals surface area contributed by atoms with Crippen molar-refractivity contribution >= 4 is 27.3 Å². The SMILES string of the molecule is Fc1ccc2c(c1)c1ccncc1n1c(F)cnc21. The van der Waals surface area contributed by atoms with Gasteiger partial charge < -0.3 is 0 Å². The fourth-order valence-electron chi connectivity index (χ4n) is 2.48. The summed E-state index contributed by atoms with van der Waals surface area (Å²) in [6, 6.07) is 6.15. The molecular weight excluding hydrogens is 248 g/mol. The molecule has 0 radical (unpaired) electrons. The van der Waals surface area contributed by atoms with E-state index in [1.165, 1.54) is 16.5 Å². The third kappa shape index (κ3) is 1.29.